The van der Waals surface area contributed by atoms with Crippen molar-refractivity contribution < 1.29 is 19.1 Å². The number of piperidine rings is 1. The SMILES string of the molecule is [C-]#[N+]C(=C1CCN(C(=O)C(=O)c2c[nH]c3c(OC)ncc(OC)c23)CC1)c1ccsc1. The minimum absolute atomic E-state index is 0.221. The number of nitrogens with zero attached hydrogens (tertiary/aromatic N) is 3. The van der Waals surface area contributed by atoms with E-state index in [0.29, 0.717) is 54.2 Å². The van der Waals surface area contributed by atoms with Gasteiger partial charge in [-0.25, -0.2) is 9.83 Å². The number of ketones is 1. The molecule has 0 bridgehead atoms. The normalized spacial score (nSPS) is 13.7. The van der Waals surface area contributed by atoms with Gasteiger partial charge in [-0.05, 0) is 29.2 Å². The van der Waals surface area contributed by atoms with Gasteiger partial charge in [0.1, 0.15) is 11.3 Å². The maximum absolute atomic E-state index is 13.1. The fourth-order valence-electron chi connectivity index (χ4n) is 3.81. The van der Waals surface area contributed by atoms with Gasteiger partial charge in [-0.3, -0.25) is 9.59 Å². The first-order chi connectivity index (χ1) is 15.1. The summed E-state index contributed by atoms with van der Waals surface area (Å²) in [5, 5.41) is 4.37. The summed E-state index contributed by atoms with van der Waals surface area (Å²) in [5.41, 5.74) is 3.31. The molecule has 1 saturated heterocycles. The molecule has 0 unspecified atom stereocenters. The predicted octanol–water partition coefficient (Wildman–Crippen LogP) is 3.78. The smallest absolute Gasteiger partial charge is 0.295 e. The molecule has 4 heterocycles. The van der Waals surface area contributed by atoms with Gasteiger partial charge in [0, 0.05) is 19.3 Å². The average Bonchev–Trinajstić information content (AvgIpc) is 3.49. The Bertz CT molecular complexity index is 1210. The second-order valence-corrected chi connectivity index (χ2v) is 7.77. The molecule has 1 fully saturated rings. The van der Waals surface area contributed by atoms with E-state index in [2.05, 4.69) is 14.8 Å². The molecule has 4 rings (SSSR count). The number of nitrogens with one attached hydrogen (secondary N) is 1. The van der Waals surface area contributed by atoms with Crippen molar-refractivity contribution in [2.45, 2.75) is 12.8 Å². The fourth-order valence-corrected chi connectivity index (χ4v) is 4.45. The zero-order valence-corrected chi connectivity index (χ0v) is 17.9. The van der Waals surface area contributed by atoms with Crippen molar-refractivity contribution in [2.75, 3.05) is 27.3 Å². The van der Waals surface area contributed by atoms with E-state index in [1.54, 1.807) is 16.2 Å². The van der Waals surface area contributed by atoms with Crippen molar-refractivity contribution in [2.24, 2.45) is 0 Å². The zero-order valence-electron chi connectivity index (χ0n) is 17.1. The third-order valence-electron chi connectivity index (χ3n) is 5.39. The molecule has 9 heteroatoms. The molecule has 1 N–H and O–H groups in total. The average molecular weight is 436 g/mol. The number of fused-ring (bicyclic) bond motifs is 1. The van der Waals surface area contributed by atoms with E-state index in [-0.39, 0.29) is 5.56 Å². The van der Waals surface area contributed by atoms with Gasteiger partial charge in [-0.1, -0.05) is 11.6 Å². The molecule has 0 atom stereocenters. The molecular formula is C22H20N4O4S. The number of ether oxygens (including phenoxy) is 2. The predicted molar refractivity (Wildman–Crippen MR) is 117 cm³/mol. The topological polar surface area (TPSA) is 88.9 Å². The Morgan fingerprint density at radius 1 is 1.26 bits per heavy atom. The van der Waals surface area contributed by atoms with Gasteiger partial charge in [0.25, 0.3) is 11.7 Å². The number of aromatic amines is 1. The van der Waals surface area contributed by atoms with Crippen LogP contribution in [-0.4, -0.2) is 53.9 Å². The van der Waals surface area contributed by atoms with Crippen LogP contribution in [0.2, 0.25) is 0 Å². The Kier molecular flexibility index (Phi) is 5.73. The number of H-pyrrole nitrogens is 1. The van der Waals surface area contributed by atoms with Crippen LogP contribution < -0.4 is 9.47 Å². The van der Waals surface area contributed by atoms with Gasteiger partial charge in [-0.15, -0.1) is 0 Å². The number of carbonyl (C=O) groups excluding carboxylic acids is 2. The lowest BCUT2D eigenvalue weighted by molar-refractivity contribution is -0.126. The standard InChI is InChI=1S/C22H20N4O4S/c1-23-18(14-6-9-31-12-14)13-4-7-26(8-5-13)22(28)20(27)15-10-24-19-17(15)16(29-2)11-25-21(19)30-3/h6,9-12,24H,4-5,7-8H2,2-3H3. The van der Waals surface area contributed by atoms with Crippen LogP contribution in [0.15, 0.2) is 34.8 Å². The highest BCUT2D eigenvalue weighted by atomic mass is 32.1. The van der Waals surface area contributed by atoms with E-state index in [1.165, 1.54) is 26.6 Å². The van der Waals surface area contributed by atoms with Crippen LogP contribution in [0.1, 0.15) is 28.8 Å². The molecule has 3 aromatic heterocycles. The molecule has 0 aromatic carbocycles. The molecule has 0 saturated carbocycles. The maximum Gasteiger partial charge on any atom is 0.295 e. The first-order valence-corrected chi connectivity index (χ1v) is 10.6. The van der Waals surface area contributed by atoms with E-state index >= 15 is 0 Å². The van der Waals surface area contributed by atoms with Crippen molar-refractivity contribution in [3.8, 4) is 11.6 Å². The Morgan fingerprint density at radius 3 is 2.65 bits per heavy atom. The molecule has 1 aliphatic rings. The molecule has 31 heavy (non-hydrogen) atoms. The van der Waals surface area contributed by atoms with Gasteiger partial charge >= 0.3 is 0 Å². The summed E-state index contributed by atoms with van der Waals surface area (Å²) in [6.07, 6.45) is 4.09. The molecule has 1 aliphatic heterocycles. The summed E-state index contributed by atoms with van der Waals surface area (Å²) in [7, 11) is 2.96. The Labute approximate surface area is 182 Å². The summed E-state index contributed by atoms with van der Waals surface area (Å²) < 4.78 is 10.6. The van der Waals surface area contributed by atoms with Gasteiger partial charge in [0.2, 0.25) is 5.88 Å². The van der Waals surface area contributed by atoms with Gasteiger partial charge < -0.3 is 19.4 Å². The molecule has 158 valence electrons. The van der Waals surface area contributed by atoms with E-state index < -0.39 is 11.7 Å². The number of Topliss-reactive ketones (excluding diaryl/α,β-unsaturated/α-hetero) is 1. The van der Waals surface area contributed by atoms with E-state index in [1.807, 2.05) is 16.8 Å². The molecule has 8 nitrogen and oxygen atoms in total. The number of hydrogen-bond donors (Lipinski definition) is 1. The molecule has 3 aromatic rings. The lowest BCUT2D eigenvalue weighted by Gasteiger charge is -2.28. The lowest BCUT2D eigenvalue weighted by Crippen LogP contribution is -2.40. The van der Waals surface area contributed by atoms with Crippen LogP contribution in [0.25, 0.3) is 21.4 Å². The number of amides is 1. The Hall–Kier alpha value is -3.64. The van der Waals surface area contributed by atoms with Gasteiger partial charge in [0.05, 0.1) is 37.9 Å². The van der Waals surface area contributed by atoms with Crippen molar-refractivity contribution >= 4 is 39.6 Å². The van der Waals surface area contributed by atoms with Crippen LogP contribution in [-0.2, 0) is 4.79 Å². The largest absolute Gasteiger partial charge is 0.494 e. The van der Waals surface area contributed by atoms with Crippen LogP contribution >= 0.6 is 11.3 Å². The third kappa shape index (κ3) is 3.66. The highest BCUT2D eigenvalue weighted by molar-refractivity contribution is 7.08. The summed E-state index contributed by atoms with van der Waals surface area (Å²) in [6, 6.07) is 1.93. The number of aromatic nitrogens is 2. The molecule has 0 spiro atoms. The van der Waals surface area contributed by atoms with Crippen molar-refractivity contribution in [3.05, 3.63) is 57.3 Å². The third-order valence-corrected chi connectivity index (χ3v) is 6.07. The monoisotopic (exact) mass is 436 g/mol. The van der Waals surface area contributed by atoms with Crippen molar-refractivity contribution in [1.29, 1.82) is 0 Å². The summed E-state index contributed by atoms with van der Waals surface area (Å²) in [5.74, 6) is -0.490. The second-order valence-electron chi connectivity index (χ2n) is 6.99. The fraction of sp³-hybridized carbons (Fsp3) is 0.273. The van der Waals surface area contributed by atoms with Crippen LogP contribution in [0.5, 0.6) is 11.6 Å². The number of likely N-dealkylation sites (tertiary alicyclic amines) is 1. The highest BCUT2D eigenvalue weighted by Crippen LogP contribution is 2.34. The second kappa shape index (κ2) is 8.62. The van der Waals surface area contributed by atoms with Crippen molar-refractivity contribution in [1.82, 2.24) is 14.9 Å². The number of rotatable bonds is 5. The van der Waals surface area contributed by atoms with Gasteiger partial charge in [-0.2, -0.15) is 11.3 Å². The van der Waals surface area contributed by atoms with E-state index in [0.717, 1.165) is 11.1 Å². The van der Waals surface area contributed by atoms with E-state index in [9.17, 15) is 9.59 Å². The van der Waals surface area contributed by atoms with Crippen LogP contribution in [0.3, 0.4) is 0 Å². The van der Waals surface area contributed by atoms with Crippen LogP contribution in [0.4, 0.5) is 0 Å². The number of pyridine rings is 1. The minimum Gasteiger partial charge on any atom is -0.494 e. The first kappa shape index (κ1) is 20.6. The summed E-state index contributed by atoms with van der Waals surface area (Å²) >= 11 is 1.55. The van der Waals surface area contributed by atoms with E-state index in [4.69, 9.17) is 16.0 Å². The number of carbonyl (C=O) groups is 2. The summed E-state index contributed by atoms with van der Waals surface area (Å²) in [6.45, 7) is 8.32. The highest BCUT2D eigenvalue weighted by Gasteiger charge is 2.30. The van der Waals surface area contributed by atoms with Gasteiger partial charge in [0.15, 0.2) is 5.70 Å². The number of methoxy groups -OCH3 is 2. The quantitative estimate of drug-likeness (QED) is 0.374. The lowest BCUT2D eigenvalue weighted by atomic mass is 9.98. The molecule has 0 radical (unpaired) electrons. The first-order valence-electron chi connectivity index (χ1n) is 9.62. The Balaban J connectivity index is 1.57. The summed E-state index contributed by atoms with van der Waals surface area (Å²) in [4.78, 5) is 38.4. The van der Waals surface area contributed by atoms with Crippen LogP contribution in [0, 0.1) is 6.57 Å². The molecule has 0 aliphatic carbocycles. The molecule has 1 amide bonds. The maximum atomic E-state index is 13.1. The zero-order chi connectivity index (χ0) is 22.0. The minimum atomic E-state index is -0.617. The Morgan fingerprint density at radius 2 is 2.03 bits per heavy atom. The molecular weight excluding hydrogens is 416 g/mol. The number of thiophene rings is 1. The number of hydrogen-bond acceptors (Lipinski definition) is 6. The van der Waals surface area contributed by atoms with Crippen molar-refractivity contribution in [3.63, 3.8) is 0 Å².